The molecule has 0 spiro atoms. The van der Waals surface area contributed by atoms with Crippen molar-refractivity contribution in [3.8, 4) is 0 Å². The first-order valence-corrected chi connectivity index (χ1v) is 5.70. The van der Waals surface area contributed by atoms with Gasteiger partial charge in [-0.25, -0.2) is 0 Å². The number of carbonyl (C=O) groups excluding carboxylic acids is 1. The number of benzene rings is 1. The summed E-state index contributed by atoms with van der Waals surface area (Å²) >= 11 is 1.27. The van der Waals surface area contributed by atoms with E-state index in [9.17, 15) is 4.79 Å². The SMILES string of the molecule is COCCSC(=O)/C=C/c1ccccc1. The number of rotatable bonds is 5. The molecule has 0 amide bonds. The number of hydrogen-bond donors (Lipinski definition) is 0. The van der Waals surface area contributed by atoms with E-state index in [4.69, 9.17) is 4.74 Å². The van der Waals surface area contributed by atoms with Gasteiger partial charge in [0.15, 0.2) is 0 Å². The first kappa shape index (κ1) is 12.0. The van der Waals surface area contributed by atoms with Gasteiger partial charge in [-0.1, -0.05) is 48.2 Å². The quantitative estimate of drug-likeness (QED) is 0.566. The fraction of sp³-hybridized carbons (Fsp3) is 0.250. The van der Waals surface area contributed by atoms with E-state index in [0.717, 1.165) is 5.56 Å². The van der Waals surface area contributed by atoms with Gasteiger partial charge in [-0.3, -0.25) is 4.79 Å². The van der Waals surface area contributed by atoms with Crippen molar-refractivity contribution in [3.63, 3.8) is 0 Å². The van der Waals surface area contributed by atoms with Crippen LogP contribution in [-0.2, 0) is 9.53 Å². The largest absolute Gasteiger partial charge is 0.384 e. The lowest BCUT2D eigenvalue weighted by Gasteiger charge is -1.95. The van der Waals surface area contributed by atoms with E-state index in [2.05, 4.69) is 0 Å². The van der Waals surface area contributed by atoms with Crippen LogP contribution < -0.4 is 0 Å². The maximum atomic E-state index is 11.3. The highest BCUT2D eigenvalue weighted by Crippen LogP contribution is 2.06. The van der Waals surface area contributed by atoms with Crippen molar-refractivity contribution >= 4 is 23.0 Å². The lowest BCUT2D eigenvalue weighted by Crippen LogP contribution is -1.95. The van der Waals surface area contributed by atoms with Crippen LogP contribution in [0.15, 0.2) is 36.4 Å². The highest BCUT2D eigenvalue weighted by Gasteiger charge is 1.96. The van der Waals surface area contributed by atoms with Gasteiger partial charge in [0, 0.05) is 12.9 Å². The average Bonchev–Trinajstić information content (AvgIpc) is 2.28. The lowest BCUT2D eigenvalue weighted by molar-refractivity contribution is -0.107. The van der Waals surface area contributed by atoms with Crippen LogP contribution in [0.2, 0.25) is 0 Å². The number of carbonyl (C=O) groups is 1. The van der Waals surface area contributed by atoms with Crippen molar-refractivity contribution in [2.45, 2.75) is 0 Å². The molecule has 15 heavy (non-hydrogen) atoms. The molecule has 1 aromatic rings. The van der Waals surface area contributed by atoms with Crippen molar-refractivity contribution in [3.05, 3.63) is 42.0 Å². The molecule has 80 valence electrons. The molecule has 0 aliphatic carbocycles. The zero-order valence-corrected chi connectivity index (χ0v) is 9.50. The van der Waals surface area contributed by atoms with Crippen molar-refractivity contribution < 1.29 is 9.53 Å². The van der Waals surface area contributed by atoms with Gasteiger partial charge in [0.2, 0.25) is 5.12 Å². The topological polar surface area (TPSA) is 26.3 Å². The summed E-state index contributed by atoms with van der Waals surface area (Å²) in [7, 11) is 1.63. The van der Waals surface area contributed by atoms with Crippen LogP contribution in [-0.4, -0.2) is 24.6 Å². The number of hydrogen-bond acceptors (Lipinski definition) is 3. The molecule has 0 unspecified atom stereocenters. The van der Waals surface area contributed by atoms with E-state index in [1.165, 1.54) is 11.8 Å². The van der Waals surface area contributed by atoms with Gasteiger partial charge in [-0.2, -0.15) is 0 Å². The Labute approximate surface area is 94.3 Å². The third-order valence-corrected chi connectivity index (χ3v) is 2.53. The Morgan fingerprint density at radius 1 is 1.40 bits per heavy atom. The molecule has 0 fully saturated rings. The summed E-state index contributed by atoms with van der Waals surface area (Å²) in [6.07, 6.45) is 3.41. The predicted molar refractivity (Wildman–Crippen MR) is 64.8 cm³/mol. The smallest absolute Gasteiger partial charge is 0.212 e. The predicted octanol–water partition coefficient (Wildman–Crippen LogP) is 2.61. The molecule has 0 radical (unpaired) electrons. The van der Waals surface area contributed by atoms with Crippen LogP contribution in [0.3, 0.4) is 0 Å². The van der Waals surface area contributed by atoms with E-state index in [1.54, 1.807) is 13.2 Å². The Hall–Kier alpha value is -1.06. The Bertz CT molecular complexity index is 320. The molecule has 0 heterocycles. The summed E-state index contributed by atoms with van der Waals surface area (Å²) in [6, 6.07) is 9.77. The Morgan fingerprint density at radius 3 is 2.80 bits per heavy atom. The molecule has 1 rings (SSSR count). The summed E-state index contributed by atoms with van der Waals surface area (Å²) in [5.41, 5.74) is 1.04. The maximum absolute atomic E-state index is 11.3. The second-order valence-corrected chi connectivity index (χ2v) is 4.00. The minimum Gasteiger partial charge on any atom is -0.384 e. The molecule has 0 saturated heterocycles. The maximum Gasteiger partial charge on any atom is 0.212 e. The summed E-state index contributed by atoms with van der Waals surface area (Å²) in [4.78, 5) is 11.3. The first-order valence-electron chi connectivity index (χ1n) is 4.72. The van der Waals surface area contributed by atoms with Crippen molar-refractivity contribution in [1.29, 1.82) is 0 Å². The molecule has 2 nitrogen and oxygen atoms in total. The van der Waals surface area contributed by atoms with Crippen molar-refractivity contribution in [2.75, 3.05) is 19.5 Å². The van der Waals surface area contributed by atoms with Gasteiger partial charge in [0.05, 0.1) is 6.61 Å². The normalized spacial score (nSPS) is 10.7. The van der Waals surface area contributed by atoms with E-state index in [0.29, 0.717) is 12.4 Å². The monoisotopic (exact) mass is 222 g/mol. The van der Waals surface area contributed by atoms with Gasteiger partial charge in [0.25, 0.3) is 0 Å². The summed E-state index contributed by atoms with van der Waals surface area (Å²) < 4.78 is 4.86. The van der Waals surface area contributed by atoms with Crippen LogP contribution in [0.1, 0.15) is 5.56 Å². The average molecular weight is 222 g/mol. The molecule has 0 saturated carbocycles. The van der Waals surface area contributed by atoms with Crippen LogP contribution in [0.25, 0.3) is 6.08 Å². The number of thioether (sulfide) groups is 1. The molecule has 0 bridgehead atoms. The summed E-state index contributed by atoms with van der Waals surface area (Å²) in [5.74, 6) is 0.703. The Morgan fingerprint density at radius 2 is 2.13 bits per heavy atom. The fourth-order valence-electron chi connectivity index (χ4n) is 1.00. The molecule has 0 aliphatic rings. The molecule has 3 heteroatoms. The zero-order valence-electron chi connectivity index (χ0n) is 8.68. The highest BCUT2D eigenvalue weighted by atomic mass is 32.2. The summed E-state index contributed by atoms with van der Waals surface area (Å²) in [5, 5.41) is 0.0657. The fourth-order valence-corrected chi connectivity index (χ4v) is 1.62. The van der Waals surface area contributed by atoms with E-state index >= 15 is 0 Å². The first-order chi connectivity index (χ1) is 7.33. The van der Waals surface area contributed by atoms with E-state index in [1.807, 2.05) is 36.4 Å². The second kappa shape index (κ2) is 7.26. The van der Waals surface area contributed by atoms with Crippen LogP contribution in [0, 0.1) is 0 Å². The zero-order chi connectivity index (χ0) is 10.9. The molecular formula is C12H14O2S. The molecular weight excluding hydrogens is 208 g/mol. The number of methoxy groups -OCH3 is 1. The third-order valence-electron chi connectivity index (χ3n) is 1.74. The van der Waals surface area contributed by atoms with Crippen LogP contribution in [0.4, 0.5) is 0 Å². The van der Waals surface area contributed by atoms with Gasteiger partial charge in [-0.15, -0.1) is 0 Å². The van der Waals surface area contributed by atoms with Crippen LogP contribution in [0.5, 0.6) is 0 Å². The van der Waals surface area contributed by atoms with Gasteiger partial charge < -0.3 is 4.74 Å². The van der Waals surface area contributed by atoms with Gasteiger partial charge >= 0.3 is 0 Å². The third kappa shape index (κ3) is 5.40. The second-order valence-electron chi connectivity index (χ2n) is 2.90. The van der Waals surface area contributed by atoms with Crippen molar-refractivity contribution in [1.82, 2.24) is 0 Å². The Balaban J connectivity index is 2.34. The van der Waals surface area contributed by atoms with E-state index in [-0.39, 0.29) is 5.12 Å². The minimum absolute atomic E-state index is 0.0657. The lowest BCUT2D eigenvalue weighted by atomic mass is 10.2. The molecule has 0 N–H and O–H groups in total. The van der Waals surface area contributed by atoms with Gasteiger partial charge in [-0.05, 0) is 11.6 Å². The minimum atomic E-state index is 0.0657. The summed E-state index contributed by atoms with van der Waals surface area (Å²) in [6.45, 7) is 0.607. The van der Waals surface area contributed by atoms with Gasteiger partial charge in [0.1, 0.15) is 0 Å². The highest BCUT2D eigenvalue weighted by molar-refractivity contribution is 8.14. The molecule has 0 aromatic heterocycles. The van der Waals surface area contributed by atoms with E-state index < -0.39 is 0 Å². The Kier molecular flexibility index (Phi) is 5.81. The molecule has 0 aliphatic heterocycles. The van der Waals surface area contributed by atoms with Crippen LogP contribution >= 0.6 is 11.8 Å². The van der Waals surface area contributed by atoms with Crippen molar-refractivity contribution in [2.24, 2.45) is 0 Å². The molecule has 0 atom stereocenters. The standard InChI is InChI=1S/C12H14O2S/c1-14-9-10-15-12(13)8-7-11-5-3-2-4-6-11/h2-8H,9-10H2,1H3/b8-7+. The molecule has 1 aromatic carbocycles. The number of ether oxygens (including phenoxy) is 1.